The molecule has 27 heavy (non-hydrogen) atoms. The van der Waals surface area contributed by atoms with E-state index < -0.39 is 15.7 Å². The summed E-state index contributed by atoms with van der Waals surface area (Å²) in [6, 6.07) is 10.6. The van der Waals surface area contributed by atoms with Crippen LogP contribution in [-0.4, -0.2) is 36.8 Å². The van der Waals surface area contributed by atoms with Gasteiger partial charge in [-0.1, -0.05) is 28.9 Å². The first kappa shape index (κ1) is 19.2. The molecular formula is C18H19N3O4S2. The van der Waals surface area contributed by atoms with Gasteiger partial charge in [0.1, 0.15) is 0 Å². The summed E-state index contributed by atoms with van der Waals surface area (Å²) in [6.07, 6.45) is 0.793. The van der Waals surface area contributed by atoms with Crippen LogP contribution in [-0.2, 0) is 22.7 Å². The molecule has 3 rings (SSSR count). The van der Waals surface area contributed by atoms with E-state index in [0.717, 1.165) is 12.0 Å². The van der Waals surface area contributed by atoms with Crippen molar-refractivity contribution < 1.29 is 17.7 Å². The third-order valence-electron chi connectivity index (χ3n) is 3.87. The minimum absolute atomic E-state index is 0.0716. The van der Waals surface area contributed by atoms with Crippen molar-refractivity contribution in [2.45, 2.75) is 24.7 Å². The summed E-state index contributed by atoms with van der Waals surface area (Å²) in [6.45, 7) is 2.35. The van der Waals surface area contributed by atoms with Crippen LogP contribution >= 0.6 is 11.3 Å². The molecule has 1 aromatic carbocycles. The standard InChI is InChI=1S/C18H19N3O4S2/c1-13-4-6-15(7-5-13)27(23,24)12-9-16-20-18(25-21-16)17(22)19-10-8-14-3-2-11-26-14/h2-7,11H,8-10,12H2,1H3,(H,19,22). The quantitative estimate of drug-likeness (QED) is 0.617. The zero-order chi connectivity index (χ0) is 19.3. The topological polar surface area (TPSA) is 102 Å². The van der Waals surface area contributed by atoms with Crippen molar-refractivity contribution in [1.82, 2.24) is 15.5 Å². The number of nitrogens with zero attached hydrogens (tertiary/aromatic N) is 2. The predicted molar refractivity (Wildman–Crippen MR) is 102 cm³/mol. The van der Waals surface area contributed by atoms with Gasteiger partial charge in [-0.25, -0.2) is 8.42 Å². The highest BCUT2D eigenvalue weighted by atomic mass is 32.2. The van der Waals surface area contributed by atoms with Crippen LogP contribution in [0.2, 0.25) is 0 Å². The average Bonchev–Trinajstić information content (AvgIpc) is 3.32. The van der Waals surface area contributed by atoms with Crippen molar-refractivity contribution in [2.24, 2.45) is 0 Å². The summed E-state index contributed by atoms with van der Waals surface area (Å²) in [5, 5.41) is 8.38. The number of hydrogen-bond acceptors (Lipinski definition) is 7. The molecule has 2 heterocycles. The normalized spacial score (nSPS) is 11.4. The Hall–Kier alpha value is -2.52. The monoisotopic (exact) mass is 405 g/mol. The van der Waals surface area contributed by atoms with Crippen LogP contribution in [0.3, 0.4) is 0 Å². The molecule has 1 amide bonds. The number of hydrogen-bond donors (Lipinski definition) is 1. The van der Waals surface area contributed by atoms with E-state index in [9.17, 15) is 13.2 Å². The Bertz CT molecular complexity index is 994. The minimum Gasteiger partial charge on any atom is -0.347 e. The van der Waals surface area contributed by atoms with Gasteiger partial charge in [0.2, 0.25) is 0 Å². The molecule has 0 bridgehead atoms. The molecule has 0 aliphatic rings. The first-order valence-corrected chi connectivity index (χ1v) is 10.9. The number of benzene rings is 1. The Labute approximate surface area is 161 Å². The number of rotatable bonds is 8. The Kier molecular flexibility index (Phi) is 6.02. The number of carbonyl (C=O) groups excluding carboxylic acids is 1. The number of amides is 1. The first-order valence-electron chi connectivity index (χ1n) is 8.36. The molecule has 0 saturated carbocycles. The van der Waals surface area contributed by atoms with Crippen LogP contribution in [0.15, 0.2) is 51.2 Å². The molecule has 0 fully saturated rings. The van der Waals surface area contributed by atoms with Crippen LogP contribution in [0, 0.1) is 6.92 Å². The molecule has 0 atom stereocenters. The van der Waals surface area contributed by atoms with E-state index >= 15 is 0 Å². The van der Waals surface area contributed by atoms with E-state index in [0.29, 0.717) is 6.54 Å². The summed E-state index contributed by atoms with van der Waals surface area (Å²) in [5.41, 5.74) is 0.988. The molecule has 7 nitrogen and oxygen atoms in total. The molecular weight excluding hydrogens is 386 g/mol. The Morgan fingerprint density at radius 1 is 1.19 bits per heavy atom. The SMILES string of the molecule is Cc1ccc(S(=O)(=O)CCc2noc(C(=O)NCCc3cccs3)n2)cc1. The second kappa shape index (κ2) is 8.45. The van der Waals surface area contributed by atoms with Gasteiger partial charge >= 0.3 is 11.8 Å². The van der Waals surface area contributed by atoms with E-state index in [1.54, 1.807) is 35.6 Å². The minimum atomic E-state index is -3.45. The lowest BCUT2D eigenvalue weighted by Gasteiger charge is -2.03. The molecule has 0 radical (unpaired) electrons. The van der Waals surface area contributed by atoms with E-state index in [-0.39, 0.29) is 28.8 Å². The number of nitrogens with one attached hydrogen (secondary N) is 1. The number of carbonyl (C=O) groups is 1. The summed E-state index contributed by atoms with van der Waals surface area (Å²) in [5.74, 6) is -0.598. The maximum atomic E-state index is 12.3. The van der Waals surface area contributed by atoms with Gasteiger partial charge in [-0.15, -0.1) is 11.3 Å². The van der Waals surface area contributed by atoms with E-state index in [1.165, 1.54) is 4.88 Å². The number of thiophene rings is 1. The third-order valence-corrected chi connectivity index (χ3v) is 6.54. The number of aromatic nitrogens is 2. The van der Waals surface area contributed by atoms with E-state index in [1.807, 2.05) is 24.4 Å². The largest absolute Gasteiger partial charge is 0.347 e. The lowest BCUT2D eigenvalue weighted by Crippen LogP contribution is -2.25. The molecule has 0 aliphatic carbocycles. The molecule has 1 N–H and O–H groups in total. The fraction of sp³-hybridized carbons (Fsp3) is 0.278. The molecule has 142 valence electrons. The van der Waals surface area contributed by atoms with Crippen molar-refractivity contribution in [2.75, 3.05) is 12.3 Å². The summed E-state index contributed by atoms with van der Waals surface area (Å²) in [4.78, 5) is 17.4. The molecule has 0 saturated heterocycles. The molecule has 0 aliphatic heterocycles. The van der Waals surface area contributed by atoms with Crippen LogP contribution in [0.25, 0.3) is 0 Å². The Morgan fingerprint density at radius 2 is 1.96 bits per heavy atom. The van der Waals surface area contributed by atoms with Gasteiger partial charge in [-0.05, 0) is 36.9 Å². The summed E-state index contributed by atoms with van der Waals surface area (Å²) < 4.78 is 29.6. The highest BCUT2D eigenvalue weighted by Crippen LogP contribution is 2.13. The first-order chi connectivity index (χ1) is 12.9. The van der Waals surface area contributed by atoms with Gasteiger partial charge in [-0.2, -0.15) is 4.98 Å². The second-order valence-corrected chi connectivity index (χ2v) is 9.12. The van der Waals surface area contributed by atoms with Crippen LogP contribution in [0.1, 0.15) is 27.0 Å². The van der Waals surface area contributed by atoms with Crippen LogP contribution in [0.4, 0.5) is 0 Å². The van der Waals surface area contributed by atoms with Gasteiger partial charge in [0.25, 0.3) is 0 Å². The van der Waals surface area contributed by atoms with Crippen molar-refractivity contribution in [3.63, 3.8) is 0 Å². The molecule has 9 heteroatoms. The highest BCUT2D eigenvalue weighted by molar-refractivity contribution is 7.91. The van der Waals surface area contributed by atoms with Crippen molar-refractivity contribution in [1.29, 1.82) is 0 Å². The summed E-state index contributed by atoms with van der Waals surface area (Å²) >= 11 is 1.62. The highest BCUT2D eigenvalue weighted by Gasteiger charge is 2.19. The number of aryl methyl sites for hydroxylation is 2. The summed E-state index contributed by atoms with van der Waals surface area (Å²) in [7, 11) is -3.45. The van der Waals surface area contributed by atoms with Gasteiger partial charge < -0.3 is 9.84 Å². The van der Waals surface area contributed by atoms with E-state index in [4.69, 9.17) is 4.52 Å². The Balaban J connectivity index is 1.52. The van der Waals surface area contributed by atoms with Crippen LogP contribution < -0.4 is 5.32 Å². The fourth-order valence-electron chi connectivity index (χ4n) is 2.37. The smallest absolute Gasteiger partial charge is 0.315 e. The molecule has 0 spiro atoms. The maximum absolute atomic E-state index is 12.3. The lowest BCUT2D eigenvalue weighted by atomic mass is 10.2. The predicted octanol–water partition coefficient (Wildman–Crippen LogP) is 2.43. The lowest BCUT2D eigenvalue weighted by molar-refractivity contribution is 0.0910. The maximum Gasteiger partial charge on any atom is 0.315 e. The van der Waals surface area contributed by atoms with Gasteiger partial charge in [-0.3, -0.25) is 4.79 Å². The van der Waals surface area contributed by atoms with Gasteiger partial charge in [0.05, 0.1) is 10.6 Å². The van der Waals surface area contributed by atoms with Crippen LogP contribution in [0.5, 0.6) is 0 Å². The number of sulfone groups is 1. The molecule has 3 aromatic rings. The average molecular weight is 406 g/mol. The van der Waals surface area contributed by atoms with Gasteiger partial charge in [0, 0.05) is 17.8 Å². The van der Waals surface area contributed by atoms with Gasteiger partial charge in [0.15, 0.2) is 15.7 Å². The fourth-order valence-corrected chi connectivity index (χ4v) is 4.31. The van der Waals surface area contributed by atoms with Crippen molar-refractivity contribution in [3.8, 4) is 0 Å². The zero-order valence-corrected chi connectivity index (χ0v) is 16.3. The molecule has 2 aromatic heterocycles. The Morgan fingerprint density at radius 3 is 2.67 bits per heavy atom. The second-order valence-electron chi connectivity index (χ2n) is 5.98. The van der Waals surface area contributed by atoms with Crippen molar-refractivity contribution >= 4 is 27.1 Å². The zero-order valence-electron chi connectivity index (χ0n) is 14.7. The van der Waals surface area contributed by atoms with Crippen molar-refractivity contribution in [3.05, 3.63) is 63.9 Å². The van der Waals surface area contributed by atoms with E-state index in [2.05, 4.69) is 15.5 Å². The third kappa shape index (κ3) is 5.24. The molecule has 0 unspecified atom stereocenters.